The molecule has 6 nitrogen and oxygen atoms in total. The number of rotatable bonds is 5. The third-order valence-corrected chi connectivity index (χ3v) is 2.84. The Labute approximate surface area is 99.2 Å². The van der Waals surface area contributed by atoms with Gasteiger partial charge in [-0.15, -0.1) is 0 Å². The van der Waals surface area contributed by atoms with Gasteiger partial charge in [-0.1, -0.05) is 0 Å². The molecule has 1 atom stereocenters. The van der Waals surface area contributed by atoms with Gasteiger partial charge in [0.15, 0.2) is 0 Å². The molecule has 1 aliphatic rings. The molecule has 0 bridgehead atoms. The molecule has 1 unspecified atom stereocenters. The van der Waals surface area contributed by atoms with E-state index in [4.69, 9.17) is 4.74 Å². The van der Waals surface area contributed by atoms with E-state index in [9.17, 15) is 10.1 Å². The predicted molar refractivity (Wildman–Crippen MR) is 62.9 cm³/mol. The number of pyridine rings is 1. The van der Waals surface area contributed by atoms with Gasteiger partial charge in [0, 0.05) is 32.0 Å². The van der Waals surface area contributed by atoms with Crippen molar-refractivity contribution in [1.29, 1.82) is 0 Å². The minimum Gasteiger partial charge on any atom is -0.381 e. The zero-order chi connectivity index (χ0) is 12.1. The van der Waals surface area contributed by atoms with Gasteiger partial charge in [0.25, 0.3) is 5.69 Å². The molecule has 1 aliphatic heterocycles. The Morgan fingerprint density at radius 1 is 1.65 bits per heavy atom. The summed E-state index contributed by atoms with van der Waals surface area (Å²) in [6.07, 6.45) is 3.55. The fraction of sp³-hybridized carbons (Fsp3) is 0.545. The van der Waals surface area contributed by atoms with Gasteiger partial charge in [-0.05, 0) is 18.8 Å². The van der Waals surface area contributed by atoms with Crippen LogP contribution in [0.15, 0.2) is 18.3 Å². The van der Waals surface area contributed by atoms with Crippen LogP contribution in [0.25, 0.3) is 0 Å². The van der Waals surface area contributed by atoms with Crippen LogP contribution in [0.5, 0.6) is 0 Å². The molecule has 2 heterocycles. The first-order chi connectivity index (χ1) is 8.25. The van der Waals surface area contributed by atoms with Crippen LogP contribution in [0.2, 0.25) is 0 Å². The maximum atomic E-state index is 10.6. The van der Waals surface area contributed by atoms with Crippen molar-refractivity contribution in [3.05, 3.63) is 28.4 Å². The van der Waals surface area contributed by atoms with Crippen molar-refractivity contribution in [3.8, 4) is 0 Å². The molecule has 1 aromatic rings. The van der Waals surface area contributed by atoms with E-state index < -0.39 is 4.92 Å². The zero-order valence-electron chi connectivity index (χ0n) is 9.46. The highest BCUT2D eigenvalue weighted by Gasteiger charge is 2.15. The Hall–Kier alpha value is -1.69. The molecular weight excluding hydrogens is 222 g/mol. The Balaban J connectivity index is 1.81. The Kier molecular flexibility index (Phi) is 3.87. The lowest BCUT2D eigenvalue weighted by molar-refractivity contribution is -0.384. The standard InChI is InChI=1S/C11H15N3O3/c15-14(16)10-2-5-13-11(7-10)12-4-1-9-3-6-17-8-9/h2,5,7,9H,1,3-4,6,8H2,(H,12,13). The van der Waals surface area contributed by atoms with Crippen molar-refractivity contribution in [2.45, 2.75) is 12.8 Å². The van der Waals surface area contributed by atoms with E-state index in [0.717, 1.165) is 32.6 Å². The Morgan fingerprint density at radius 3 is 3.24 bits per heavy atom. The van der Waals surface area contributed by atoms with Gasteiger partial charge in [-0.25, -0.2) is 4.98 Å². The molecule has 6 heteroatoms. The summed E-state index contributed by atoms with van der Waals surface area (Å²) in [7, 11) is 0. The molecule has 0 saturated carbocycles. The van der Waals surface area contributed by atoms with Gasteiger partial charge >= 0.3 is 0 Å². The summed E-state index contributed by atoms with van der Waals surface area (Å²) in [5.41, 5.74) is 0.0618. The van der Waals surface area contributed by atoms with E-state index in [-0.39, 0.29) is 5.69 Å². The van der Waals surface area contributed by atoms with Crippen LogP contribution in [0.4, 0.5) is 11.5 Å². The molecule has 0 spiro atoms. The highest BCUT2D eigenvalue weighted by atomic mass is 16.6. The molecule has 1 saturated heterocycles. The van der Waals surface area contributed by atoms with Crippen LogP contribution in [0.1, 0.15) is 12.8 Å². The van der Waals surface area contributed by atoms with Crippen molar-refractivity contribution in [2.75, 3.05) is 25.1 Å². The molecule has 1 N–H and O–H groups in total. The van der Waals surface area contributed by atoms with Crippen molar-refractivity contribution < 1.29 is 9.66 Å². The molecule has 2 rings (SSSR count). The number of hydrogen-bond acceptors (Lipinski definition) is 5. The third-order valence-electron chi connectivity index (χ3n) is 2.84. The van der Waals surface area contributed by atoms with E-state index in [0.29, 0.717) is 11.7 Å². The quantitative estimate of drug-likeness (QED) is 0.624. The van der Waals surface area contributed by atoms with Crippen LogP contribution in [-0.4, -0.2) is 29.7 Å². The Bertz CT molecular complexity index is 391. The number of aromatic nitrogens is 1. The minimum absolute atomic E-state index is 0.0618. The second-order valence-corrected chi connectivity index (χ2v) is 4.10. The first kappa shape index (κ1) is 11.8. The van der Waals surface area contributed by atoms with Crippen LogP contribution < -0.4 is 5.32 Å². The number of nitro groups is 1. The van der Waals surface area contributed by atoms with E-state index >= 15 is 0 Å². The summed E-state index contributed by atoms with van der Waals surface area (Å²) in [5.74, 6) is 1.15. The average molecular weight is 237 g/mol. The van der Waals surface area contributed by atoms with Crippen molar-refractivity contribution in [3.63, 3.8) is 0 Å². The molecule has 0 radical (unpaired) electrons. The summed E-state index contributed by atoms with van der Waals surface area (Å²) in [4.78, 5) is 14.2. The summed E-state index contributed by atoms with van der Waals surface area (Å²) in [5, 5.41) is 13.7. The number of anilines is 1. The maximum absolute atomic E-state index is 10.6. The summed E-state index contributed by atoms with van der Waals surface area (Å²) in [6.45, 7) is 2.44. The zero-order valence-corrected chi connectivity index (χ0v) is 9.46. The fourth-order valence-electron chi connectivity index (χ4n) is 1.84. The molecule has 0 aliphatic carbocycles. The summed E-state index contributed by atoms with van der Waals surface area (Å²) in [6, 6.07) is 2.83. The van der Waals surface area contributed by atoms with Gasteiger partial charge in [-0.2, -0.15) is 0 Å². The smallest absolute Gasteiger partial charge is 0.274 e. The SMILES string of the molecule is O=[N+]([O-])c1ccnc(NCCC2CCOC2)c1. The van der Waals surface area contributed by atoms with Gasteiger partial charge in [-0.3, -0.25) is 10.1 Å². The number of nitrogens with zero attached hydrogens (tertiary/aromatic N) is 2. The summed E-state index contributed by atoms with van der Waals surface area (Å²) < 4.78 is 5.28. The van der Waals surface area contributed by atoms with E-state index in [1.54, 1.807) is 0 Å². The fourth-order valence-corrected chi connectivity index (χ4v) is 1.84. The molecule has 1 aromatic heterocycles. The third kappa shape index (κ3) is 3.39. The Morgan fingerprint density at radius 2 is 2.53 bits per heavy atom. The number of ether oxygens (including phenoxy) is 1. The molecular formula is C11H15N3O3. The number of hydrogen-bond donors (Lipinski definition) is 1. The lowest BCUT2D eigenvalue weighted by Gasteiger charge is -2.08. The molecule has 17 heavy (non-hydrogen) atoms. The average Bonchev–Trinajstić information content (AvgIpc) is 2.82. The molecule has 1 fully saturated rings. The maximum Gasteiger partial charge on any atom is 0.274 e. The highest BCUT2D eigenvalue weighted by molar-refractivity contribution is 5.44. The van der Waals surface area contributed by atoms with Crippen LogP contribution in [-0.2, 0) is 4.74 Å². The van der Waals surface area contributed by atoms with Crippen molar-refractivity contribution in [2.24, 2.45) is 5.92 Å². The monoisotopic (exact) mass is 237 g/mol. The lowest BCUT2D eigenvalue weighted by Crippen LogP contribution is -2.09. The second kappa shape index (κ2) is 5.58. The van der Waals surface area contributed by atoms with Gasteiger partial charge < -0.3 is 10.1 Å². The van der Waals surface area contributed by atoms with Gasteiger partial charge in [0.1, 0.15) is 5.82 Å². The number of nitrogens with one attached hydrogen (secondary N) is 1. The van der Waals surface area contributed by atoms with Gasteiger partial charge in [0.2, 0.25) is 0 Å². The van der Waals surface area contributed by atoms with Crippen LogP contribution in [0.3, 0.4) is 0 Å². The summed E-state index contributed by atoms with van der Waals surface area (Å²) >= 11 is 0. The molecule has 92 valence electrons. The predicted octanol–water partition coefficient (Wildman–Crippen LogP) is 1.83. The molecule has 0 amide bonds. The topological polar surface area (TPSA) is 77.3 Å². The normalized spacial score (nSPS) is 19.2. The van der Waals surface area contributed by atoms with E-state index in [1.165, 1.54) is 18.3 Å². The van der Waals surface area contributed by atoms with E-state index in [2.05, 4.69) is 10.3 Å². The second-order valence-electron chi connectivity index (χ2n) is 4.10. The molecule has 0 aromatic carbocycles. The first-order valence-corrected chi connectivity index (χ1v) is 5.68. The first-order valence-electron chi connectivity index (χ1n) is 5.68. The van der Waals surface area contributed by atoms with Gasteiger partial charge in [0.05, 0.1) is 11.0 Å². The largest absolute Gasteiger partial charge is 0.381 e. The highest BCUT2D eigenvalue weighted by Crippen LogP contribution is 2.17. The van der Waals surface area contributed by atoms with Crippen LogP contribution in [0, 0.1) is 16.0 Å². The van der Waals surface area contributed by atoms with Crippen LogP contribution >= 0.6 is 0 Å². The minimum atomic E-state index is -0.419. The lowest BCUT2D eigenvalue weighted by atomic mass is 10.1. The van der Waals surface area contributed by atoms with Crippen molar-refractivity contribution in [1.82, 2.24) is 4.98 Å². The van der Waals surface area contributed by atoms with E-state index in [1.807, 2.05) is 0 Å². The van der Waals surface area contributed by atoms with Crippen molar-refractivity contribution >= 4 is 11.5 Å².